The molecular weight excluding hydrogens is 296 g/mol. The van der Waals surface area contributed by atoms with Crippen molar-refractivity contribution in [1.82, 2.24) is 20.3 Å². The van der Waals surface area contributed by atoms with Gasteiger partial charge >= 0.3 is 0 Å². The molecule has 0 saturated carbocycles. The van der Waals surface area contributed by atoms with E-state index in [9.17, 15) is 4.79 Å². The van der Waals surface area contributed by atoms with Crippen molar-refractivity contribution < 1.29 is 4.79 Å². The van der Waals surface area contributed by atoms with Crippen molar-refractivity contribution >= 4 is 17.7 Å². The van der Waals surface area contributed by atoms with Crippen LogP contribution in [0.1, 0.15) is 30.6 Å². The molecule has 0 bridgehead atoms. The number of thioether (sulfide) groups is 1. The van der Waals surface area contributed by atoms with Crippen molar-refractivity contribution in [2.45, 2.75) is 26.3 Å². The summed E-state index contributed by atoms with van der Waals surface area (Å²) in [5.74, 6) is 1.55. The molecule has 0 radical (unpaired) electrons. The molecule has 2 heterocycles. The Balaban J connectivity index is 2.11. The highest BCUT2D eigenvalue weighted by atomic mass is 32.2. The lowest BCUT2D eigenvalue weighted by atomic mass is 10.1. The van der Waals surface area contributed by atoms with Gasteiger partial charge in [0, 0.05) is 47.6 Å². The zero-order chi connectivity index (χ0) is 15.9. The van der Waals surface area contributed by atoms with E-state index in [0.29, 0.717) is 12.2 Å². The Morgan fingerprint density at radius 2 is 2.09 bits per heavy atom. The molecule has 2 rings (SSSR count). The summed E-state index contributed by atoms with van der Waals surface area (Å²) in [4.78, 5) is 24.8. The number of aryl methyl sites for hydroxylation is 1. The van der Waals surface area contributed by atoms with E-state index in [1.54, 1.807) is 30.4 Å². The zero-order valence-electron chi connectivity index (χ0n) is 13.0. The van der Waals surface area contributed by atoms with E-state index in [-0.39, 0.29) is 11.9 Å². The molecule has 0 aliphatic carbocycles. The lowest BCUT2D eigenvalue weighted by Crippen LogP contribution is -2.27. The van der Waals surface area contributed by atoms with Crippen LogP contribution >= 0.6 is 11.8 Å². The van der Waals surface area contributed by atoms with E-state index in [0.717, 1.165) is 22.6 Å². The average molecular weight is 316 g/mol. The molecule has 1 N–H and O–H groups in total. The third kappa shape index (κ3) is 4.27. The van der Waals surface area contributed by atoms with Gasteiger partial charge in [-0.25, -0.2) is 9.97 Å². The monoisotopic (exact) mass is 316 g/mol. The molecule has 0 aromatic carbocycles. The number of amides is 1. The summed E-state index contributed by atoms with van der Waals surface area (Å²) in [5.41, 5.74) is 2.75. The Morgan fingerprint density at radius 1 is 1.36 bits per heavy atom. The van der Waals surface area contributed by atoms with Crippen molar-refractivity contribution in [1.29, 1.82) is 0 Å². The Kier molecular flexibility index (Phi) is 5.89. The van der Waals surface area contributed by atoms with Crippen LogP contribution in [0.4, 0.5) is 0 Å². The Morgan fingerprint density at radius 3 is 2.73 bits per heavy atom. The summed E-state index contributed by atoms with van der Waals surface area (Å²) in [6.07, 6.45) is 7.75. The van der Waals surface area contributed by atoms with E-state index in [1.165, 1.54) is 0 Å². The number of pyridine rings is 1. The van der Waals surface area contributed by atoms with Crippen molar-refractivity contribution in [3.8, 4) is 11.4 Å². The summed E-state index contributed by atoms with van der Waals surface area (Å²) in [5, 5.41) is 2.99. The highest BCUT2D eigenvalue weighted by molar-refractivity contribution is 7.98. The number of nitrogens with zero attached hydrogens (tertiary/aromatic N) is 3. The van der Waals surface area contributed by atoms with Crippen LogP contribution in [0.15, 0.2) is 30.7 Å². The summed E-state index contributed by atoms with van der Waals surface area (Å²) in [6, 6.07) is 3.66. The smallest absolute Gasteiger partial charge is 0.221 e. The molecule has 0 saturated heterocycles. The molecule has 1 atom stereocenters. The number of carbonyl (C=O) groups is 1. The van der Waals surface area contributed by atoms with Crippen LogP contribution in [-0.4, -0.2) is 32.9 Å². The fraction of sp³-hybridized carbons (Fsp3) is 0.375. The van der Waals surface area contributed by atoms with Crippen molar-refractivity contribution in [2.75, 3.05) is 12.0 Å². The minimum atomic E-state index is -0.0964. The quantitative estimate of drug-likeness (QED) is 0.887. The van der Waals surface area contributed by atoms with Crippen molar-refractivity contribution in [3.63, 3.8) is 0 Å². The molecule has 2 aromatic heterocycles. The zero-order valence-corrected chi connectivity index (χ0v) is 13.9. The van der Waals surface area contributed by atoms with Crippen molar-refractivity contribution in [2.24, 2.45) is 0 Å². The topological polar surface area (TPSA) is 67.8 Å². The summed E-state index contributed by atoms with van der Waals surface area (Å²) >= 11 is 1.66. The normalized spacial score (nSPS) is 12.0. The second kappa shape index (κ2) is 7.89. The van der Waals surface area contributed by atoms with E-state index < -0.39 is 0 Å². The first-order chi connectivity index (χ1) is 10.6. The van der Waals surface area contributed by atoms with Crippen LogP contribution in [-0.2, 0) is 4.79 Å². The number of carbonyl (C=O) groups excluding carboxylic acids is 1. The Hall–Kier alpha value is -1.95. The fourth-order valence-corrected chi connectivity index (χ4v) is 2.52. The van der Waals surface area contributed by atoms with Crippen LogP contribution in [0.5, 0.6) is 0 Å². The van der Waals surface area contributed by atoms with E-state index in [2.05, 4.69) is 20.3 Å². The van der Waals surface area contributed by atoms with Gasteiger partial charge in [-0.1, -0.05) is 0 Å². The summed E-state index contributed by atoms with van der Waals surface area (Å²) < 4.78 is 0. The third-order valence-corrected chi connectivity index (χ3v) is 3.95. The SMILES string of the molecule is CSCCC(=O)NC(C)c1cnc(-c2ccncc2)nc1C. The fourth-order valence-electron chi connectivity index (χ4n) is 2.13. The van der Waals surface area contributed by atoms with Gasteiger partial charge in [-0.2, -0.15) is 11.8 Å². The highest BCUT2D eigenvalue weighted by Gasteiger charge is 2.14. The molecule has 0 aliphatic rings. The standard InChI is InChI=1S/C16H20N4OS/c1-11(19-15(21)6-9-22-3)14-10-18-16(20-12(14)2)13-4-7-17-8-5-13/h4-5,7-8,10-11H,6,9H2,1-3H3,(H,19,21). The van der Waals surface area contributed by atoms with Crippen LogP contribution in [0, 0.1) is 6.92 Å². The summed E-state index contributed by atoms with van der Waals surface area (Å²) in [6.45, 7) is 3.89. The number of hydrogen-bond acceptors (Lipinski definition) is 5. The van der Waals surface area contributed by atoms with Crippen LogP contribution in [0.25, 0.3) is 11.4 Å². The third-order valence-electron chi connectivity index (χ3n) is 3.33. The maximum absolute atomic E-state index is 11.8. The van der Waals surface area contributed by atoms with Gasteiger partial charge in [0.1, 0.15) is 0 Å². The van der Waals surface area contributed by atoms with Crippen LogP contribution < -0.4 is 5.32 Å². The molecule has 1 amide bonds. The predicted octanol–water partition coefficient (Wildman–Crippen LogP) is 2.78. The number of rotatable bonds is 6. The molecule has 1 unspecified atom stereocenters. The molecule has 0 spiro atoms. The van der Waals surface area contributed by atoms with Gasteiger partial charge in [-0.05, 0) is 32.2 Å². The molecule has 2 aromatic rings. The molecule has 0 aliphatic heterocycles. The molecule has 0 fully saturated rings. The molecule has 116 valence electrons. The largest absolute Gasteiger partial charge is 0.349 e. The molecule has 5 nitrogen and oxygen atoms in total. The maximum atomic E-state index is 11.8. The van der Waals surface area contributed by atoms with Gasteiger partial charge < -0.3 is 5.32 Å². The predicted molar refractivity (Wildman–Crippen MR) is 89.6 cm³/mol. The van der Waals surface area contributed by atoms with E-state index in [4.69, 9.17) is 0 Å². The minimum absolute atomic E-state index is 0.0551. The molecule has 6 heteroatoms. The average Bonchev–Trinajstić information content (AvgIpc) is 2.53. The number of hydrogen-bond donors (Lipinski definition) is 1. The maximum Gasteiger partial charge on any atom is 0.221 e. The first-order valence-electron chi connectivity index (χ1n) is 7.14. The first kappa shape index (κ1) is 16.4. The Labute approximate surface area is 135 Å². The molecular formula is C16H20N4OS. The minimum Gasteiger partial charge on any atom is -0.349 e. The van der Waals surface area contributed by atoms with Gasteiger partial charge in [0.25, 0.3) is 0 Å². The van der Waals surface area contributed by atoms with E-state index in [1.807, 2.05) is 32.2 Å². The van der Waals surface area contributed by atoms with E-state index >= 15 is 0 Å². The number of aromatic nitrogens is 3. The van der Waals surface area contributed by atoms with Gasteiger partial charge in [-0.15, -0.1) is 0 Å². The first-order valence-corrected chi connectivity index (χ1v) is 8.53. The lowest BCUT2D eigenvalue weighted by molar-refractivity contribution is -0.121. The summed E-state index contributed by atoms with van der Waals surface area (Å²) in [7, 11) is 0. The Bertz CT molecular complexity index is 633. The van der Waals surface area contributed by atoms with Crippen molar-refractivity contribution in [3.05, 3.63) is 42.0 Å². The van der Waals surface area contributed by atoms with Gasteiger partial charge in [0.2, 0.25) is 5.91 Å². The van der Waals surface area contributed by atoms with Gasteiger partial charge in [0.15, 0.2) is 5.82 Å². The van der Waals surface area contributed by atoms with Gasteiger partial charge in [-0.3, -0.25) is 9.78 Å². The van der Waals surface area contributed by atoms with Crippen LogP contribution in [0.3, 0.4) is 0 Å². The molecule has 22 heavy (non-hydrogen) atoms. The second-order valence-electron chi connectivity index (χ2n) is 5.00. The second-order valence-corrected chi connectivity index (χ2v) is 5.99. The van der Waals surface area contributed by atoms with Crippen LogP contribution in [0.2, 0.25) is 0 Å². The number of nitrogens with one attached hydrogen (secondary N) is 1. The highest BCUT2D eigenvalue weighted by Crippen LogP contribution is 2.19. The van der Waals surface area contributed by atoms with Gasteiger partial charge in [0.05, 0.1) is 6.04 Å². The lowest BCUT2D eigenvalue weighted by Gasteiger charge is -2.16.